The summed E-state index contributed by atoms with van der Waals surface area (Å²) in [6, 6.07) is 13.2. The third-order valence-electron chi connectivity index (χ3n) is 7.03. The molecule has 3 unspecified atom stereocenters. The summed E-state index contributed by atoms with van der Waals surface area (Å²) >= 11 is 0. The molecule has 4 nitrogen and oxygen atoms in total. The van der Waals surface area contributed by atoms with Crippen LogP contribution in [0.4, 0.5) is 0 Å². The molecule has 29 heavy (non-hydrogen) atoms. The third-order valence-corrected chi connectivity index (χ3v) is 7.03. The normalized spacial score (nSPS) is 27.3. The second-order valence-electron chi connectivity index (χ2n) is 9.13. The summed E-state index contributed by atoms with van der Waals surface area (Å²) in [4.78, 5) is 0. The summed E-state index contributed by atoms with van der Waals surface area (Å²) in [6.45, 7) is 2.94. The topological polar surface area (TPSA) is 58.9 Å². The molecule has 2 fully saturated rings. The first-order valence-corrected chi connectivity index (χ1v) is 10.9. The third kappa shape index (κ3) is 3.70. The lowest BCUT2D eigenvalue weighted by Gasteiger charge is -2.33. The molecule has 0 radical (unpaired) electrons. The van der Waals surface area contributed by atoms with E-state index in [9.17, 15) is 10.2 Å². The van der Waals surface area contributed by atoms with Crippen molar-refractivity contribution >= 4 is 0 Å². The zero-order valence-electron chi connectivity index (χ0n) is 17.1. The van der Waals surface area contributed by atoms with Gasteiger partial charge in [-0.05, 0) is 60.9 Å². The van der Waals surface area contributed by atoms with E-state index in [1.165, 1.54) is 35.1 Å². The largest absolute Gasteiger partial charge is 0.493 e. The lowest BCUT2D eigenvalue weighted by Crippen LogP contribution is -2.33. The molecule has 1 spiro atoms. The van der Waals surface area contributed by atoms with Crippen molar-refractivity contribution in [2.45, 2.75) is 69.2 Å². The molecule has 2 aliphatic heterocycles. The van der Waals surface area contributed by atoms with E-state index in [-0.39, 0.29) is 18.8 Å². The maximum absolute atomic E-state index is 10.2. The van der Waals surface area contributed by atoms with Crippen molar-refractivity contribution in [1.82, 2.24) is 0 Å². The number of rotatable bonds is 4. The summed E-state index contributed by atoms with van der Waals surface area (Å²) in [5.41, 5.74) is 6.74. The number of aliphatic hydroxyl groups excluding tert-OH is 2. The molecule has 5 rings (SSSR count). The van der Waals surface area contributed by atoms with Gasteiger partial charge in [0.15, 0.2) is 0 Å². The van der Waals surface area contributed by atoms with Gasteiger partial charge in [0.2, 0.25) is 0 Å². The van der Waals surface area contributed by atoms with Crippen LogP contribution in [0, 0.1) is 6.92 Å². The molecule has 2 aromatic carbocycles. The number of hydrogen-bond donors (Lipinski definition) is 2. The highest BCUT2D eigenvalue weighted by atomic mass is 16.5. The molecule has 2 heterocycles. The molecule has 2 N–H and O–H groups in total. The Hall–Kier alpha value is -1.88. The van der Waals surface area contributed by atoms with E-state index in [4.69, 9.17) is 9.47 Å². The lowest BCUT2D eigenvalue weighted by molar-refractivity contribution is -0.113. The molecule has 3 aliphatic rings. The average Bonchev–Trinajstić information content (AvgIpc) is 3.50. The zero-order chi connectivity index (χ0) is 20.0. The first-order valence-electron chi connectivity index (χ1n) is 10.9. The summed E-state index contributed by atoms with van der Waals surface area (Å²) in [6.07, 6.45) is 4.80. The number of benzene rings is 2. The molecule has 1 saturated heterocycles. The highest BCUT2D eigenvalue weighted by Crippen LogP contribution is 2.56. The van der Waals surface area contributed by atoms with Gasteiger partial charge in [0.05, 0.1) is 31.5 Å². The predicted octanol–water partition coefficient (Wildman–Crippen LogP) is 3.97. The van der Waals surface area contributed by atoms with Gasteiger partial charge in [-0.15, -0.1) is 0 Å². The van der Waals surface area contributed by atoms with Gasteiger partial charge in [-0.3, -0.25) is 0 Å². The maximum Gasteiger partial charge on any atom is 0.123 e. The smallest absolute Gasteiger partial charge is 0.123 e. The minimum Gasteiger partial charge on any atom is -0.493 e. The molecule has 4 heteroatoms. The molecule has 0 bridgehead atoms. The monoisotopic (exact) mass is 394 g/mol. The molecule has 3 atom stereocenters. The van der Waals surface area contributed by atoms with Crippen molar-refractivity contribution in [2.24, 2.45) is 0 Å². The molecule has 1 saturated carbocycles. The molecule has 0 amide bonds. The highest BCUT2D eigenvalue weighted by Gasteiger charge is 2.47. The van der Waals surface area contributed by atoms with Gasteiger partial charge < -0.3 is 19.7 Å². The van der Waals surface area contributed by atoms with Crippen LogP contribution >= 0.6 is 0 Å². The van der Waals surface area contributed by atoms with Crippen molar-refractivity contribution in [3.63, 3.8) is 0 Å². The minimum absolute atomic E-state index is 0.0504. The molecule has 154 valence electrons. The van der Waals surface area contributed by atoms with Gasteiger partial charge in [-0.25, -0.2) is 0 Å². The molecule has 0 aromatic heterocycles. The quantitative estimate of drug-likeness (QED) is 0.824. The fourth-order valence-electron chi connectivity index (χ4n) is 5.01. The Morgan fingerprint density at radius 3 is 2.72 bits per heavy atom. The Morgan fingerprint density at radius 1 is 1.07 bits per heavy atom. The fraction of sp³-hybridized carbons (Fsp3) is 0.520. The van der Waals surface area contributed by atoms with Gasteiger partial charge in [-0.2, -0.15) is 0 Å². The van der Waals surface area contributed by atoms with E-state index in [2.05, 4.69) is 43.3 Å². The highest BCUT2D eigenvalue weighted by molar-refractivity contribution is 5.48. The van der Waals surface area contributed by atoms with E-state index in [1.54, 1.807) is 0 Å². The van der Waals surface area contributed by atoms with Crippen LogP contribution in [0.25, 0.3) is 0 Å². The van der Waals surface area contributed by atoms with Crippen molar-refractivity contribution < 1.29 is 19.7 Å². The second-order valence-corrected chi connectivity index (χ2v) is 9.13. The first-order chi connectivity index (χ1) is 14.1. The summed E-state index contributed by atoms with van der Waals surface area (Å²) in [7, 11) is 0. The fourth-order valence-corrected chi connectivity index (χ4v) is 5.01. The Labute approximate surface area is 172 Å². The standard InChI is InChI=1S/C25H30O4/c1-16-2-4-18(24-14-20(27)13-21(15-26)29-24)12-19(16)10-17-3-5-23-22(11-17)25(6-7-25)8-9-28-23/h2-5,11-12,20-21,24,26-27H,6-10,13-15H2,1H3. The number of fused-ring (bicyclic) bond motifs is 2. The van der Waals surface area contributed by atoms with Crippen LogP contribution in [-0.2, 0) is 16.6 Å². The zero-order valence-corrected chi connectivity index (χ0v) is 17.1. The van der Waals surface area contributed by atoms with Crippen LogP contribution in [-0.4, -0.2) is 35.6 Å². The summed E-state index contributed by atoms with van der Waals surface area (Å²) in [5.74, 6) is 1.07. The van der Waals surface area contributed by atoms with Crippen LogP contribution in [0.2, 0.25) is 0 Å². The number of hydrogen-bond acceptors (Lipinski definition) is 4. The van der Waals surface area contributed by atoms with Crippen molar-refractivity contribution in [3.05, 3.63) is 64.2 Å². The van der Waals surface area contributed by atoms with Crippen molar-refractivity contribution in [2.75, 3.05) is 13.2 Å². The van der Waals surface area contributed by atoms with Gasteiger partial charge in [0, 0.05) is 23.8 Å². The number of aryl methyl sites for hydroxylation is 1. The van der Waals surface area contributed by atoms with Crippen LogP contribution in [0.1, 0.15) is 66.0 Å². The van der Waals surface area contributed by atoms with E-state index in [0.29, 0.717) is 18.3 Å². The van der Waals surface area contributed by atoms with E-state index in [1.807, 2.05) is 0 Å². The first kappa shape index (κ1) is 19.1. The van der Waals surface area contributed by atoms with E-state index >= 15 is 0 Å². The van der Waals surface area contributed by atoms with Crippen LogP contribution in [0.3, 0.4) is 0 Å². The van der Waals surface area contributed by atoms with Crippen LogP contribution < -0.4 is 4.74 Å². The van der Waals surface area contributed by atoms with Gasteiger partial charge >= 0.3 is 0 Å². The molecule has 1 aliphatic carbocycles. The molecular formula is C25H30O4. The van der Waals surface area contributed by atoms with Crippen molar-refractivity contribution in [3.8, 4) is 5.75 Å². The van der Waals surface area contributed by atoms with Crippen molar-refractivity contribution in [1.29, 1.82) is 0 Å². The molecule has 2 aromatic rings. The summed E-state index contributed by atoms with van der Waals surface area (Å²) < 4.78 is 11.9. The average molecular weight is 395 g/mol. The predicted molar refractivity (Wildman–Crippen MR) is 111 cm³/mol. The molecular weight excluding hydrogens is 364 g/mol. The lowest BCUT2D eigenvalue weighted by atomic mass is 9.87. The number of aliphatic hydroxyl groups is 2. The van der Waals surface area contributed by atoms with Gasteiger partial charge in [0.1, 0.15) is 5.75 Å². The SMILES string of the molecule is Cc1ccc(C2CC(O)CC(CO)O2)cc1Cc1ccc2c(c1)C1(CCO2)CC1. The van der Waals surface area contributed by atoms with E-state index < -0.39 is 6.10 Å². The van der Waals surface area contributed by atoms with E-state index in [0.717, 1.165) is 30.8 Å². The maximum atomic E-state index is 10.2. The second kappa shape index (κ2) is 7.42. The van der Waals surface area contributed by atoms with Gasteiger partial charge in [-0.1, -0.05) is 30.3 Å². The Kier molecular flexibility index (Phi) is 4.89. The van der Waals surface area contributed by atoms with Gasteiger partial charge in [0.25, 0.3) is 0 Å². The van der Waals surface area contributed by atoms with Crippen LogP contribution in [0.15, 0.2) is 36.4 Å². The Balaban J connectivity index is 1.40. The Bertz CT molecular complexity index is 902. The minimum atomic E-state index is -0.425. The number of ether oxygens (including phenoxy) is 2. The van der Waals surface area contributed by atoms with Crippen LogP contribution in [0.5, 0.6) is 5.75 Å². The Morgan fingerprint density at radius 2 is 1.93 bits per heavy atom. The summed E-state index contributed by atoms with van der Waals surface area (Å²) in [5, 5.41) is 19.6.